The van der Waals surface area contributed by atoms with Gasteiger partial charge in [0.15, 0.2) is 5.96 Å². The fraction of sp³-hybridized carbons (Fsp3) is 0.500. The number of hydrogen-bond donors (Lipinski definition) is 7. The van der Waals surface area contributed by atoms with Crippen molar-refractivity contribution in [3.63, 3.8) is 0 Å². The van der Waals surface area contributed by atoms with Gasteiger partial charge in [0.05, 0.1) is 6.10 Å². The molecule has 2 fully saturated rings. The molecule has 12 nitrogen and oxygen atoms in total. The number of carbonyl (C=O) groups excluding carboxylic acids is 3. The lowest BCUT2D eigenvalue weighted by Gasteiger charge is -2.37. The average Bonchev–Trinajstić information content (AvgIpc) is 3.38. The number of unbranched alkanes of at least 4 members (excludes halogenated alkanes) is 1. The standard InChI is InChI=1S/C32H44N6O6/c33-32(34)36-15-5-4-14-35-29(42)27-18-22-10-13-24(40)19-26(22)38(27)31(44)25(16-20-6-2-1-3-7-20)37-30(43)28(41)17-21-8-11-23(39)12-9-21/h1-3,6-9,11-12,22,24-28,39-41H,4-5,10,13-19H2,(H,35,42)(H,37,43)(H4,33,34,36)/t22-,24+,25-,26-,27-,28-/m0/s1. The van der Waals surface area contributed by atoms with Crippen LogP contribution in [-0.4, -0.2) is 87.3 Å². The number of amides is 3. The lowest BCUT2D eigenvalue weighted by atomic mass is 9.83. The maximum absolute atomic E-state index is 14.4. The van der Waals surface area contributed by atoms with E-state index in [1.54, 1.807) is 17.0 Å². The topological polar surface area (TPSA) is 204 Å². The number of fused-ring (bicyclic) bond motifs is 1. The first-order valence-corrected chi connectivity index (χ1v) is 15.3. The van der Waals surface area contributed by atoms with E-state index >= 15 is 0 Å². The van der Waals surface area contributed by atoms with Crippen molar-refractivity contribution < 1.29 is 29.7 Å². The summed E-state index contributed by atoms with van der Waals surface area (Å²) in [6, 6.07) is 13.3. The smallest absolute Gasteiger partial charge is 0.249 e. The number of rotatable bonds is 13. The number of aromatic hydroxyl groups is 1. The highest BCUT2D eigenvalue weighted by Gasteiger charge is 2.50. The van der Waals surface area contributed by atoms with Gasteiger partial charge in [-0.25, -0.2) is 0 Å². The van der Waals surface area contributed by atoms with Crippen molar-refractivity contribution in [1.82, 2.24) is 15.5 Å². The minimum absolute atomic E-state index is 0.00676. The van der Waals surface area contributed by atoms with Crippen LogP contribution in [0.5, 0.6) is 5.75 Å². The Labute approximate surface area is 257 Å². The van der Waals surface area contributed by atoms with E-state index in [-0.39, 0.29) is 42.4 Å². The third-order valence-corrected chi connectivity index (χ3v) is 8.45. The molecule has 9 N–H and O–H groups in total. The Bertz CT molecular complexity index is 1290. The van der Waals surface area contributed by atoms with Gasteiger partial charge in [-0.2, -0.15) is 0 Å². The van der Waals surface area contributed by atoms with Crippen LogP contribution in [0, 0.1) is 5.92 Å². The minimum Gasteiger partial charge on any atom is -0.508 e. The van der Waals surface area contributed by atoms with Crippen LogP contribution in [0.25, 0.3) is 0 Å². The molecule has 238 valence electrons. The molecule has 1 aliphatic carbocycles. The molecule has 2 aromatic carbocycles. The van der Waals surface area contributed by atoms with E-state index < -0.39 is 36.1 Å². The van der Waals surface area contributed by atoms with E-state index in [0.29, 0.717) is 57.2 Å². The fourth-order valence-corrected chi connectivity index (χ4v) is 6.21. The maximum Gasteiger partial charge on any atom is 0.249 e. The number of likely N-dealkylation sites (tertiary alicyclic amines) is 1. The summed E-state index contributed by atoms with van der Waals surface area (Å²) in [7, 11) is 0. The average molecular weight is 609 g/mol. The third-order valence-electron chi connectivity index (χ3n) is 8.45. The number of phenols is 1. The van der Waals surface area contributed by atoms with Crippen molar-refractivity contribution in [2.24, 2.45) is 22.4 Å². The Kier molecular flexibility index (Phi) is 11.6. The summed E-state index contributed by atoms with van der Waals surface area (Å²) < 4.78 is 0. The van der Waals surface area contributed by atoms with Gasteiger partial charge in [0.2, 0.25) is 17.7 Å². The largest absolute Gasteiger partial charge is 0.508 e. The van der Waals surface area contributed by atoms with Gasteiger partial charge >= 0.3 is 0 Å². The Morgan fingerprint density at radius 2 is 1.66 bits per heavy atom. The predicted molar refractivity (Wildman–Crippen MR) is 165 cm³/mol. The highest BCUT2D eigenvalue weighted by Crippen LogP contribution is 2.40. The van der Waals surface area contributed by atoms with Gasteiger partial charge in [-0.05, 0) is 67.7 Å². The van der Waals surface area contributed by atoms with Gasteiger partial charge in [0.25, 0.3) is 0 Å². The molecule has 1 saturated carbocycles. The second-order valence-corrected chi connectivity index (χ2v) is 11.7. The summed E-state index contributed by atoms with van der Waals surface area (Å²) in [6.07, 6.45) is 1.59. The highest BCUT2D eigenvalue weighted by atomic mass is 16.3. The van der Waals surface area contributed by atoms with Gasteiger partial charge in [0, 0.05) is 32.0 Å². The molecule has 6 atom stereocenters. The van der Waals surface area contributed by atoms with Crippen molar-refractivity contribution in [2.75, 3.05) is 13.1 Å². The monoisotopic (exact) mass is 608 g/mol. The van der Waals surface area contributed by atoms with Gasteiger partial charge in [-0.15, -0.1) is 0 Å². The second-order valence-electron chi connectivity index (χ2n) is 11.7. The van der Waals surface area contributed by atoms with E-state index in [2.05, 4.69) is 15.6 Å². The number of carbonyl (C=O) groups is 3. The Hall–Kier alpha value is -4.16. The summed E-state index contributed by atoms with van der Waals surface area (Å²) in [5.41, 5.74) is 12.2. The van der Waals surface area contributed by atoms with Crippen molar-refractivity contribution in [1.29, 1.82) is 0 Å². The number of nitrogens with one attached hydrogen (secondary N) is 2. The van der Waals surface area contributed by atoms with Crippen molar-refractivity contribution >= 4 is 23.7 Å². The SMILES string of the molecule is NC(N)=NCCCCNC(=O)[C@@H]1C[C@@H]2CC[C@@H](O)C[C@@H]2N1C(=O)[C@H](Cc1ccccc1)NC(=O)[C@@H](O)Cc1ccc(O)cc1. The van der Waals surface area contributed by atoms with E-state index in [4.69, 9.17) is 11.5 Å². The number of aliphatic hydroxyl groups is 2. The number of aliphatic hydroxyl groups excluding tert-OH is 2. The predicted octanol–water partition coefficient (Wildman–Crippen LogP) is 0.323. The zero-order chi connectivity index (χ0) is 31.6. The normalized spacial score (nSPS) is 22.4. The van der Waals surface area contributed by atoms with Crippen molar-refractivity contribution in [3.8, 4) is 5.75 Å². The fourth-order valence-electron chi connectivity index (χ4n) is 6.21. The first-order valence-electron chi connectivity index (χ1n) is 15.3. The van der Waals surface area contributed by atoms with Crippen LogP contribution in [0.4, 0.5) is 0 Å². The van der Waals surface area contributed by atoms with E-state index in [9.17, 15) is 29.7 Å². The lowest BCUT2D eigenvalue weighted by Crippen LogP contribution is -2.58. The molecule has 2 aliphatic rings. The summed E-state index contributed by atoms with van der Waals surface area (Å²) in [6.45, 7) is 0.844. The van der Waals surface area contributed by atoms with Crippen molar-refractivity contribution in [3.05, 3.63) is 65.7 Å². The molecule has 44 heavy (non-hydrogen) atoms. The van der Waals surface area contributed by atoms with Crippen LogP contribution in [0.3, 0.4) is 0 Å². The van der Waals surface area contributed by atoms with E-state index in [1.807, 2.05) is 30.3 Å². The molecule has 3 amide bonds. The molecule has 1 aliphatic heterocycles. The molecular weight excluding hydrogens is 564 g/mol. The zero-order valence-electron chi connectivity index (χ0n) is 24.8. The summed E-state index contributed by atoms with van der Waals surface area (Å²) in [4.78, 5) is 46.6. The molecule has 1 saturated heterocycles. The lowest BCUT2D eigenvalue weighted by molar-refractivity contribution is -0.145. The number of phenolic OH excluding ortho intramolecular Hbond substituents is 1. The van der Waals surface area contributed by atoms with Gasteiger partial charge < -0.3 is 42.3 Å². The van der Waals surface area contributed by atoms with Crippen LogP contribution in [0.1, 0.15) is 49.7 Å². The summed E-state index contributed by atoms with van der Waals surface area (Å²) >= 11 is 0. The van der Waals surface area contributed by atoms with Gasteiger partial charge in [-0.3, -0.25) is 19.4 Å². The molecule has 0 radical (unpaired) electrons. The Morgan fingerprint density at radius 3 is 2.36 bits per heavy atom. The highest BCUT2D eigenvalue weighted by molar-refractivity contribution is 5.94. The number of hydrogen-bond acceptors (Lipinski definition) is 7. The summed E-state index contributed by atoms with van der Waals surface area (Å²) in [5, 5.41) is 36.5. The van der Waals surface area contributed by atoms with Gasteiger partial charge in [0.1, 0.15) is 23.9 Å². The van der Waals surface area contributed by atoms with E-state index in [0.717, 1.165) is 5.56 Å². The molecule has 12 heteroatoms. The molecular formula is C32H44N6O6. The molecule has 0 aromatic heterocycles. The third kappa shape index (κ3) is 8.93. The quantitative estimate of drug-likeness (QED) is 0.0956. The van der Waals surface area contributed by atoms with Crippen molar-refractivity contribution in [2.45, 2.75) is 81.7 Å². The molecule has 0 unspecified atom stereocenters. The van der Waals surface area contributed by atoms with Gasteiger partial charge in [-0.1, -0.05) is 42.5 Å². The number of aliphatic imine (C=N–C) groups is 1. The molecule has 1 heterocycles. The van der Waals surface area contributed by atoms with Crippen LogP contribution in [-0.2, 0) is 27.2 Å². The number of nitrogens with two attached hydrogens (primary N) is 2. The molecule has 2 aromatic rings. The maximum atomic E-state index is 14.4. The van der Waals surface area contributed by atoms with Crippen LogP contribution >= 0.6 is 0 Å². The Morgan fingerprint density at radius 1 is 0.955 bits per heavy atom. The Balaban J connectivity index is 1.51. The van der Waals surface area contributed by atoms with E-state index in [1.165, 1.54) is 12.1 Å². The second kappa shape index (κ2) is 15.5. The first kappa shape index (κ1) is 32.7. The molecule has 0 bridgehead atoms. The van der Waals surface area contributed by atoms with Crippen LogP contribution in [0.2, 0.25) is 0 Å². The number of nitrogens with zero attached hydrogens (tertiary/aromatic N) is 2. The number of benzene rings is 2. The minimum atomic E-state index is -1.44. The number of guanidine groups is 1. The van der Waals surface area contributed by atoms with Crippen LogP contribution < -0.4 is 22.1 Å². The molecule has 0 spiro atoms. The first-order chi connectivity index (χ1) is 21.1. The summed E-state index contributed by atoms with van der Waals surface area (Å²) in [5.74, 6) is -1.28. The van der Waals surface area contributed by atoms with Crippen LogP contribution in [0.15, 0.2) is 59.6 Å². The molecule has 4 rings (SSSR count). The zero-order valence-corrected chi connectivity index (χ0v) is 24.8.